The van der Waals surface area contributed by atoms with E-state index in [9.17, 15) is 4.79 Å². The molecule has 0 aliphatic rings. The van der Waals surface area contributed by atoms with E-state index in [1.165, 1.54) is 0 Å². The summed E-state index contributed by atoms with van der Waals surface area (Å²) in [4.78, 5) is 11.3. The van der Waals surface area contributed by atoms with Gasteiger partial charge in [-0.3, -0.25) is 4.79 Å². The second-order valence-electron chi connectivity index (χ2n) is 3.17. The molecule has 0 fully saturated rings. The fourth-order valence-corrected chi connectivity index (χ4v) is 1.49. The summed E-state index contributed by atoms with van der Waals surface area (Å²) in [6, 6.07) is 5.27. The van der Waals surface area contributed by atoms with Gasteiger partial charge >= 0.3 is 5.97 Å². The quantitative estimate of drug-likeness (QED) is 0.745. The molecule has 1 aromatic carbocycles. The van der Waals surface area contributed by atoms with Crippen molar-refractivity contribution >= 4 is 17.6 Å². The van der Waals surface area contributed by atoms with Crippen molar-refractivity contribution in [1.82, 2.24) is 0 Å². The number of hydrogen-bond donors (Lipinski definition) is 0. The second-order valence-corrected chi connectivity index (χ2v) is 3.58. The van der Waals surface area contributed by atoms with Gasteiger partial charge < -0.3 is 9.47 Å². The van der Waals surface area contributed by atoms with Gasteiger partial charge in [-0.25, -0.2) is 0 Å². The Morgan fingerprint density at radius 3 is 2.69 bits per heavy atom. The number of carbonyl (C=O) groups is 1. The maximum absolute atomic E-state index is 11.3. The molecule has 0 unspecified atom stereocenters. The number of benzene rings is 1. The van der Waals surface area contributed by atoms with Crippen LogP contribution in [-0.4, -0.2) is 19.2 Å². The van der Waals surface area contributed by atoms with E-state index in [-0.39, 0.29) is 12.4 Å². The molecule has 3 nitrogen and oxygen atoms in total. The Kier molecular flexibility index (Phi) is 5.12. The van der Waals surface area contributed by atoms with Gasteiger partial charge in [-0.2, -0.15) is 0 Å². The zero-order chi connectivity index (χ0) is 12.0. The van der Waals surface area contributed by atoms with E-state index in [2.05, 4.69) is 0 Å². The van der Waals surface area contributed by atoms with Crippen LogP contribution in [0.25, 0.3) is 0 Å². The minimum Gasteiger partial charge on any atom is -0.494 e. The Morgan fingerprint density at radius 1 is 1.31 bits per heavy atom. The Hall–Kier alpha value is -1.22. The summed E-state index contributed by atoms with van der Waals surface area (Å²) >= 11 is 5.98. The molecule has 0 atom stereocenters. The first-order valence-corrected chi connectivity index (χ1v) is 5.62. The molecule has 0 saturated carbocycles. The van der Waals surface area contributed by atoms with Crippen LogP contribution in [0.2, 0.25) is 5.02 Å². The van der Waals surface area contributed by atoms with Crippen LogP contribution in [0.1, 0.15) is 19.4 Å². The largest absolute Gasteiger partial charge is 0.494 e. The first-order valence-electron chi connectivity index (χ1n) is 5.24. The standard InChI is InChI=1S/C12H15ClO3/c1-3-15-10-5-6-11(13)9(7-10)8-12(14)16-4-2/h5-7H,3-4,8H2,1-2H3. The van der Waals surface area contributed by atoms with Gasteiger partial charge in [0.05, 0.1) is 19.6 Å². The molecule has 0 aliphatic carbocycles. The van der Waals surface area contributed by atoms with E-state index < -0.39 is 0 Å². The third-order valence-corrected chi connectivity index (χ3v) is 2.34. The molecular formula is C12H15ClO3. The van der Waals surface area contributed by atoms with E-state index >= 15 is 0 Å². The summed E-state index contributed by atoms with van der Waals surface area (Å²) in [7, 11) is 0. The van der Waals surface area contributed by atoms with Gasteiger partial charge in [0, 0.05) is 5.02 Å². The fourth-order valence-electron chi connectivity index (χ4n) is 1.31. The monoisotopic (exact) mass is 242 g/mol. The summed E-state index contributed by atoms with van der Waals surface area (Å²) in [5.41, 5.74) is 0.728. The van der Waals surface area contributed by atoms with Crippen molar-refractivity contribution < 1.29 is 14.3 Å². The summed E-state index contributed by atoms with van der Waals surface area (Å²) in [5.74, 6) is 0.434. The van der Waals surface area contributed by atoms with Crippen molar-refractivity contribution in [3.63, 3.8) is 0 Å². The van der Waals surface area contributed by atoms with E-state index in [0.717, 1.165) is 5.56 Å². The van der Waals surface area contributed by atoms with Crippen molar-refractivity contribution in [2.75, 3.05) is 13.2 Å². The maximum atomic E-state index is 11.3. The number of hydrogen-bond acceptors (Lipinski definition) is 3. The Labute approximate surface area is 100 Å². The van der Waals surface area contributed by atoms with Gasteiger partial charge in [0.15, 0.2) is 0 Å². The first-order chi connectivity index (χ1) is 7.67. The van der Waals surface area contributed by atoms with Gasteiger partial charge in [0.2, 0.25) is 0 Å². The van der Waals surface area contributed by atoms with Crippen LogP contribution >= 0.6 is 11.6 Å². The highest BCUT2D eigenvalue weighted by Crippen LogP contribution is 2.22. The third-order valence-electron chi connectivity index (χ3n) is 1.97. The van der Waals surface area contributed by atoms with Crippen molar-refractivity contribution in [3.8, 4) is 5.75 Å². The molecule has 88 valence electrons. The molecule has 0 saturated heterocycles. The average Bonchev–Trinajstić information content (AvgIpc) is 2.24. The molecule has 0 aliphatic heterocycles. The normalized spacial score (nSPS) is 9.94. The van der Waals surface area contributed by atoms with E-state index in [0.29, 0.717) is 24.0 Å². The molecule has 1 aromatic rings. The van der Waals surface area contributed by atoms with Crippen LogP contribution < -0.4 is 4.74 Å². The zero-order valence-electron chi connectivity index (χ0n) is 9.46. The third kappa shape index (κ3) is 3.74. The van der Waals surface area contributed by atoms with Crippen LogP contribution in [0.5, 0.6) is 5.75 Å². The molecule has 4 heteroatoms. The highest BCUT2D eigenvalue weighted by Gasteiger charge is 2.09. The molecule has 0 heterocycles. The van der Waals surface area contributed by atoms with Crippen LogP contribution in [0.3, 0.4) is 0 Å². The maximum Gasteiger partial charge on any atom is 0.310 e. The molecule has 0 bridgehead atoms. The second kappa shape index (κ2) is 6.38. The SMILES string of the molecule is CCOC(=O)Cc1cc(OCC)ccc1Cl. The summed E-state index contributed by atoms with van der Waals surface area (Å²) in [6.07, 6.45) is 0.174. The Balaban J connectivity index is 2.77. The van der Waals surface area contributed by atoms with E-state index in [4.69, 9.17) is 21.1 Å². The molecule has 0 radical (unpaired) electrons. The number of rotatable bonds is 5. The number of carbonyl (C=O) groups excluding carboxylic acids is 1. The van der Waals surface area contributed by atoms with Crippen molar-refractivity contribution in [2.45, 2.75) is 20.3 Å². The Morgan fingerprint density at radius 2 is 2.06 bits per heavy atom. The first kappa shape index (κ1) is 12.8. The topological polar surface area (TPSA) is 35.5 Å². The predicted molar refractivity (Wildman–Crippen MR) is 63.0 cm³/mol. The number of ether oxygens (including phenoxy) is 2. The van der Waals surface area contributed by atoms with Gasteiger partial charge in [-0.1, -0.05) is 11.6 Å². The van der Waals surface area contributed by atoms with Gasteiger partial charge in [-0.05, 0) is 37.6 Å². The van der Waals surface area contributed by atoms with Crippen LogP contribution in [0.4, 0.5) is 0 Å². The molecule has 0 N–H and O–H groups in total. The predicted octanol–water partition coefficient (Wildman–Crippen LogP) is 2.84. The van der Waals surface area contributed by atoms with Crippen LogP contribution in [0.15, 0.2) is 18.2 Å². The highest BCUT2D eigenvalue weighted by molar-refractivity contribution is 6.31. The lowest BCUT2D eigenvalue weighted by Gasteiger charge is -2.07. The zero-order valence-corrected chi connectivity index (χ0v) is 10.2. The minimum atomic E-state index is -0.280. The lowest BCUT2D eigenvalue weighted by molar-refractivity contribution is -0.142. The van der Waals surface area contributed by atoms with Crippen LogP contribution in [0, 0.1) is 0 Å². The van der Waals surface area contributed by atoms with Gasteiger partial charge in [0.25, 0.3) is 0 Å². The number of halogens is 1. The molecule has 0 amide bonds. The smallest absolute Gasteiger partial charge is 0.310 e. The summed E-state index contributed by atoms with van der Waals surface area (Å²) in [6.45, 7) is 4.64. The van der Waals surface area contributed by atoms with E-state index in [1.807, 2.05) is 6.92 Å². The molecule has 0 aromatic heterocycles. The fraction of sp³-hybridized carbons (Fsp3) is 0.417. The van der Waals surface area contributed by atoms with Gasteiger partial charge in [0.1, 0.15) is 5.75 Å². The molecule has 1 rings (SSSR count). The Bertz CT molecular complexity index is 363. The van der Waals surface area contributed by atoms with Crippen molar-refractivity contribution in [3.05, 3.63) is 28.8 Å². The van der Waals surface area contributed by atoms with Gasteiger partial charge in [-0.15, -0.1) is 0 Å². The lowest BCUT2D eigenvalue weighted by atomic mass is 10.1. The average molecular weight is 243 g/mol. The lowest BCUT2D eigenvalue weighted by Crippen LogP contribution is -2.08. The molecule has 16 heavy (non-hydrogen) atoms. The molecule has 0 spiro atoms. The van der Waals surface area contributed by atoms with Crippen LogP contribution in [-0.2, 0) is 16.0 Å². The highest BCUT2D eigenvalue weighted by atomic mass is 35.5. The van der Waals surface area contributed by atoms with Crippen molar-refractivity contribution in [1.29, 1.82) is 0 Å². The summed E-state index contributed by atoms with van der Waals surface area (Å²) < 4.78 is 10.2. The molecular weight excluding hydrogens is 228 g/mol. The number of esters is 1. The van der Waals surface area contributed by atoms with E-state index in [1.54, 1.807) is 25.1 Å². The summed E-state index contributed by atoms with van der Waals surface area (Å²) in [5, 5.41) is 0.552. The minimum absolute atomic E-state index is 0.174. The van der Waals surface area contributed by atoms with Crippen molar-refractivity contribution in [2.24, 2.45) is 0 Å².